The summed E-state index contributed by atoms with van der Waals surface area (Å²) in [6.45, 7) is 2.64. The molecule has 3 rings (SSSR count). The Kier molecular flexibility index (Phi) is 4.31. The van der Waals surface area contributed by atoms with Crippen LogP contribution in [0.1, 0.15) is 36.0 Å². The third kappa shape index (κ3) is 2.99. The van der Waals surface area contributed by atoms with Crippen molar-refractivity contribution < 1.29 is 9.90 Å². The summed E-state index contributed by atoms with van der Waals surface area (Å²) in [6.07, 6.45) is 4.10. The zero-order valence-electron chi connectivity index (χ0n) is 12.0. The first-order valence-corrected chi connectivity index (χ1v) is 7.91. The van der Waals surface area contributed by atoms with E-state index in [2.05, 4.69) is 9.88 Å². The van der Waals surface area contributed by atoms with E-state index in [1.165, 1.54) is 0 Å². The van der Waals surface area contributed by atoms with Crippen molar-refractivity contribution in [3.05, 3.63) is 22.8 Å². The molecule has 114 valence electrons. The van der Waals surface area contributed by atoms with Crippen molar-refractivity contribution >= 4 is 23.3 Å². The van der Waals surface area contributed by atoms with Gasteiger partial charge in [0.2, 0.25) is 0 Å². The van der Waals surface area contributed by atoms with Gasteiger partial charge in [0.15, 0.2) is 0 Å². The number of hydrogen-bond donors (Lipinski definition) is 1. The van der Waals surface area contributed by atoms with Gasteiger partial charge in [-0.05, 0) is 37.8 Å². The minimum absolute atomic E-state index is 0.0174. The van der Waals surface area contributed by atoms with E-state index in [0.29, 0.717) is 17.3 Å². The SMILES string of the molecule is O=C(c1cc(Cl)nc(N2CCCC2)c1)N1CCC[C@@H]1CO. The molecule has 3 heterocycles. The maximum absolute atomic E-state index is 12.6. The molecule has 1 aromatic heterocycles. The lowest BCUT2D eigenvalue weighted by Crippen LogP contribution is -2.37. The number of anilines is 1. The molecule has 1 atom stereocenters. The minimum atomic E-state index is -0.0697. The molecule has 5 nitrogen and oxygen atoms in total. The van der Waals surface area contributed by atoms with Gasteiger partial charge in [-0.15, -0.1) is 0 Å². The van der Waals surface area contributed by atoms with E-state index in [-0.39, 0.29) is 18.6 Å². The number of aromatic nitrogens is 1. The van der Waals surface area contributed by atoms with Gasteiger partial charge in [-0.3, -0.25) is 4.79 Å². The zero-order valence-corrected chi connectivity index (χ0v) is 12.7. The van der Waals surface area contributed by atoms with Gasteiger partial charge in [0.05, 0.1) is 12.6 Å². The quantitative estimate of drug-likeness (QED) is 0.867. The number of nitrogens with zero attached hydrogens (tertiary/aromatic N) is 3. The van der Waals surface area contributed by atoms with Crippen molar-refractivity contribution in [1.82, 2.24) is 9.88 Å². The molecule has 1 aromatic rings. The standard InChI is InChI=1S/C15H20ClN3O2/c16-13-8-11(9-14(17-13)18-5-1-2-6-18)15(21)19-7-3-4-12(19)10-20/h8-9,12,20H,1-7,10H2/t12-/m1/s1. The summed E-state index contributed by atoms with van der Waals surface area (Å²) in [6, 6.07) is 3.38. The molecule has 0 radical (unpaired) electrons. The molecule has 2 aliphatic rings. The van der Waals surface area contributed by atoms with Crippen LogP contribution in [0.15, 0.2) is 12.1 Å². The number of amides is 1. The fraction of sp³-hybridized carbons (Fsp3) is 0.600. The summed E-state index contributed by atoms with van der Waals surface area (Å²) in [7, 11) is 0. The molecule has 2 aliphatic heterocycles. The molecule has 6 heteroatoms. The van der Waals surface area contributed by atoms with Crippen LogP contribution in [-0.2, 0) is 0 Å². The number of aliphatic hydroxyl groups is 1. The zero-order chi connectivity index (χ0) is 14.8. The van der Waals surface area contributed by atoms with Crippen LogP contribution < -0.4 is 4.90 Å². The van der Waals surface area contributed by atoms with Crippen LogP contribution in [0, 0.1) is 0 Å². The minimum Gasteiger partial charge on any atom is -0.394 e. The lowest BCUT2D eigenvalue weighted by molar-refractivity contribution is 0.0677. The van der Waals surface area contributed by atoms with Crippen LogP contribution in [0.25, 0.3) is 0 Å². The topological polar surface area (TPSA) is 56.7 Å². The lowest BCUT2D eigenvalue weighted by Gasteiger charge is -2.24. The average molecular weight is 310 g/mol. The van der Waals surface area contributed by atoms with Gasteiger partial charge in [-0.2, -0.15) is 0 Å². The summed E-state index contributed by atoms with van der Waals surface area (Å²) in [5, 5.41) is 9.72. The smallest absolute Gasteiger partial charge is 0.254 e. The first-order chi connectivity index (χ1) is 10.2. The molecular formula is C15H20ClN3O2. The second kappa shape index (κ2) is 6.20. The highest BCUT2D eigenvalue weighted by Gasteiger charge is 2.29. The maximum Gasteiger partial charge on any atom is 0.254 e. The Morgan fingerprint density at radius 2 is 2.05 bits per heavy atom. The van der Waals surface area contributed by atoms with Gasteiger partial charge in [-0.25, -0.2) is 4.98 Å². The second-order valence-corrected chi connectivity index (χ2v) is 6.10. The third-order valence-electron chi connectivity index (χ3n) is 4.31. The molecule has 0 aromatic carbocycles. The van der Waals surface area contributed by atoms with E-state index in [4.69, 9.17) is 11.6 Å². The van der Waals surface area contributed by atoms with Crippen LogP contribution in [0.3, 0.4) is 0 Å². The number of hydrogen-bond acceptors (Lipinski definition) is 4. The van der Waals surface area contributed by atoms with Crippen molar-refractivity contribution in [2.24, 2.45) is 0 Å². The van der Waals surface area contributed by atoms with E-state index < -0.39 is 0 Å². The molecular weight excluding hydrogens is 290 g/mol. The van der Waals surface area contributed by atoms with Gasteiger partial charge in [0, 0.05) is 25.2 Å². The number of likely N-dealkylation sites (tertiary alicyclic amines) is 1. The molecule has 0 saturated carbocycles. The summed E-state index contributed by atoms with van der Waals surface area (Å²) in [4.78, 5) is 20.9. The predicted molar refractivity (Wildman–Crippen MR) is 81.8 cm³/mol. The number of halogens is 1. The molecule has 0 unspecified atom stereocenters. The number of aliphatic hydroxyl groups excluding tert-OH is 1. The lowest BCUT2D eigenvalue weighted by atomic mass is 10.2. The second-order valence-electron chi connectivity index (χ2n) is 5.71. The van der Waals surface area contributed by atoms with Crippen LogP contribution in [0.4, 0.5) is 5.82 Å². The summed E-state index contributed by atoms with van der Waals surface area (Å²) >= 11 is 6.09. The van der Waals surface area contributed by atoms with Crippen molar-refractivity contribution in [3.63, 3.8) is 0 Å². The Morgan fingerprint density at radius 1 is 1.29 bits per heavy atom. The Bertz CT molecular complexity index is 532. The van der Waals surface area contributed by atoms with Crippen molar-refractivity contribution in [2.75, 3.05) is 31.1 Å². The summed E-state index contributed by atoms with van der Waals surface area (Å²) in [5.74, 6) is 0.722. The molecule has 2 saturated heterocycles. The molecule has 0 spiro atoms. The maximum atomic E-state index is 12.6. The van der Waals surface area contributed by atoms with E-state index in [0.717, 1.165) is 44.6 Å². The van der Waals surface area contributed by atoms with Gasteiger partial charge < -0.3 is 14.9 Å². The van der Waals surface area contributed by atoms with Crippen molar-refractivity contribution in [2.45, 2.75) is 31.7 Å². The molecule has 1 amide bonds. The molecule has 2 fully saturated rings. The summed E-state index contributed by atoms with van der Waals surface area (Å²) in [5.41, 5.74) is 0.567. The molecule has 0 bridgehead atoms. The van der Waals surface area contributed by atoms with Crippen LogP contribution >= 0.6 is 11.6 Å². The fourth-order valence-corrected chi connectivity index (χ4v) is 3.38. The van der Waals surface area contributed by atoms with E-state index in [9.17, 15) is 9.90 Å². The van der Waals surface area contributed by atoms with Crippen LogP contribution in [0.5, 0.6) is 0 Å². The van der Waals surface area contributed by atoms with E-state index >= 15 is 0 Å². The molecule has 21 heavy (non-hydrogen) atoms. The largest absolute Gasteiger partial charge is 0.394 e. The molecule has 1 N–H and O–H groups in total. The molecule has 0 aliphatic carbocycles. The number of pyridine rings is 1. The fourth-order valence-electron chi connectivity index (χ4n) is 3.17. The van der Waals surface area contributed by atoms with Gasteiger partial charge in [0.25, 0.3) is 5.91 Å². The van der Waals surface area contributed by atoms with E-state index in [1.54, 1.807) is 11.0 Å². The third-order valence-corrected chi connectivity index (χ3v) is 4.50. The Morgan fingerprint density at radius 3 is 2.76 bits per heavy atom. The Balaban J connectivity index is 1.85. The number of rotatable bonds is 3. The highest BCUT2D eigenvalue weighted by Crippen LogP contribution is 2.25. The van der Waals surface area contributed by atoms with Gasteiger partial charge >= 0.3 is 0 Å². The van der Waals surface area contributed by atoms with E-state index in [1.807, 2.05) is 6.07 Å². The first-order valence-electron chi connectivity index (χ1n) is 7.53. The monoisotopic (exact) mass is 309 g/mol. The van der Waals surface area contributed by atoms with Crippen molar-refractivity contribution in [3.8, 4) is 0 Å². The van der Waals surface area contributed by atoms with Gasteiger partial charge in [-0.1, -0.05) is 11.6 Å². The average Bonchev–Trinajstić information content (AvgIpc) is 3.16. The summed E-state index contributed by atoms with van der Waals surface area (Å²) < 4.78 is 0. The number of carbonyl (C=O) groups is 1. The Labute approximate surface area is 129 Å². The van der Waals surface area contributed by atoms with Crippen LogP contribution in [-0.4, -0.2) is 53.2 Å². The van der Waals surface area contributed by atoms with Gasteiger partial charge in [0.1, 0.15) is 11.0 Å². The normalized spacial score (nSPS) is 22.1. The number of carbonyl (C=O) groups excluding carboxylic acids is 1. The predicted octanol–water partition coefficient (Wildman–Crippen LogP) is 1.93. The first kappa shape index (κ1) is 14.6. The van der Waals surface area contributed by atoms with Crippen LogP contribution in [0.2, 0.25) is 5.15 Å². The highest BCUT2D eigenvalue weighted by atomic mass is 35.5. The van der Waals surface area contributed by atoms with Crippen molar-refractivity contribution in [1.29, 1.82) is 0 Å². The Hall–Kier alpha value is -1.33. The highest BCUT2D eigenvalue weighted by molar-refractivity contribution is 6.29.